The highest BCUT2D eigenvalue weighted by Crippen LogP contribution is 2.27. The number of amides is 1. The Kier molecular flexibility index (Phi) is 7.88. The summed E-state index contributed by atoms with van der Waals surface area (Å²) >= 11 is 0. The Bertz CT molecular complexity index is 964. The first kappa shape index (κ1) is 24.0. The van der Waals surface area contributed by atoms with Crippen molar-refractivity contribution in [1.82, 2.24) is 5.32 Å². The summed E-state index contributed by atoms with van der Waals surface area (Å²) in [6.45, 7) is 10.6. The standard InChI is InChI=1S/C26H32N2O3/c1-25(2,3)18-26(4,5)28-24(29)20(16-27)14-19-12-13-23(30-6)21(15-19)17-31-22-10-8-7-9-11-22/h7-15H,17-18H2,1-6H3,(H,28,29). The quantitative estimate of drug-likeness (QED) is 0.451. The number of nitriles is 1. The molecule has 0 saturated carbocycles. The molecule has 1 amide bonds. The molecule has 2 rings (SSSR count). The van der Waals surface area contributed by atoms with Gasteiger partial charge in [-0.05, 0) is 61.6 Å². The van der Waals surface area contributed by atoms with Gasteiger partial charge in [0.05, 0.1) is 7.11 Å². The van der Waals surface area contributed by atoms with Crippen molar-refractivity contribution in [3.8, 4) is 17.6 Å². The molecule has 31 heavy (non-hydrogen) atoms. The number of methoxy groups -OCH3 is 1. The van der Waals surface area contributed by atoms with Crippen LogP contribution in [0.15, 0.2) is 54.1 Å². The molecule has 0 atom stereocenters. The lowest BCUT2D eigenvalue weighted by atomic mass is 9.81. The molecule has 2 aromatic rings. The van der Waals surface area contributed by atoms with Gasteiger partial charge in [0, 0.05) is 11.1 Å². The maximum atomic E-state index is 12.7. The van der Waals surface area contributed by atoms with Crippen LogP contribution in [0.3, 0.4) is 0 Å². The number of benzene rings is 2. The van der Waals surface area contributed by atoms with Crippen LogP contribution in [0.5, 0.6) is 11.5 Å². The molecule has 0 aliphatic heterocycles. The molecule has 0 fully saturated rings. The van der Waals surface area contributed by atoms with Crippen LogP contribution in [0.1, 0.15) is 52.2 Å². The summed E-state index contributed by atoms with van der Waals surface area (Å²) in [6, 6.07) is 17.0. The second-order valence-corrected chi connectivity index (χ2v) is 9.42. The van der Waals surface area contributed by atoms with Gasteiger partial charge in [0.15, 0.2) is 0 Å². The van der Waals surface area contributed by atoms with Crippen molar-refractivity contribution in [2.75, 3.05) is 7.11 Å². The van der Waals surface area contributed by atoms with Crippen molar-refractivity contribution in [2.45, 2.75) is 53.2 Å². The summed E-state index contributed by atoms with van der Waals surface area (Å²) in [5.74, 6) is 1.06. The first-order valence-electron chi connectivity index (χ1n) is 10.3. The first-order chi connectivity index (χ1) is 14.5. The van der Waals surface area contributed by atoms with Gasteiger partial charge in [-0.3, -0.25) is 4.79 Å². The van der Waals surface area contributed by atoms with Gasteiger partial charge in [-0.2, -0.15) is 5.26 Å². The van der Waals surface area contributed by atoms with Crippen LogP contribution in [-0.4, -0.2) is 18.6 Å². The first-order valence-corrected chi connectivity index (χ1v) is 10.3. The fourth-order valence-corrected chi connectivity index (χ4v) is 3.74. The third-order valence-corrected chi connectivity index (χ3v) is 4.54. The smallest absolute Gasteiger partial charge is 0.262 e. The average molecular weight is 421 g/mol. The van der Waals surface area contributed by atoms with E-state index in [-0.39, 0.29) is 16.9 Å². The number of nitrogens with zero attached hydrogens (tertiary/aromatic N) is 1. The van der Waals surface area contributed by atoms with Gasteiger partial charge in [-0.15, -0.1) is 0 Å². The van der Waals surface area contributed by atoms with Crippen molar-refractivity contribution in [3.05, 3.63) is 65.2 Å². The van der Waals surface area contributed by atoms with Gasteiger partial charge in [-0.25, -0.2) is 0 Å². The van der Waals surface area contributed by atoms with Gasteiger partial charge in [0.25, 0.3) is 5.91 Å². The van der Waals surface area contributed by atoms with Crippen LogP contribution in [-0.2, 0) is 11.4 Å². The van der Waals surface area contributed by atoms with E-state index in [0.717, 1.165) is 23.3 Å². The molecule has 0 aromatic heterocycles. The summed E-state index contributed by atoms with van der Waals surface area (Å²) < 4.78 is 11.3. The van der Waals surface area contributed by atoms with E-state index in [1.54, 1.807) is 13.2 Å². The predicted octanol–water partition coefficient (Wildman–Crippen LogP) is 5.51. The third kappa shape index (κ3) is 7.82. The van der Waals surface area contributed by atoms with Crippen LogP contribution in [0.25, 0.3) is 6.08 Å². The van der Waals surface area contributed by atoms with E-state index >= 15 is 0 Å². The molecular weight excluding hydrogens is 388 g/mol. The molecule has 0 radical (unpaired) electrons. The molecule has 0 unspecified atom stereocenters. The van der Waals surface area contributed by atoms with Gasteiger partial charge in [0.1, 0.15) is 29.7 Å². The van der Waals surface area contributed by atoms with E-state index in [1.807, 2.05) is 68.4 Å². The largest absolute Gasteiger partial charge is 0.496 e. The minimum atomic E-state index is -0.431. The number of carbonyl (C=O) groups is 1. The zero-order valence-electron chi connectivity index (χ0n) is 19.3. The fourth-order valence-electron chi connectivity index (χ4n) is 3.74. The second kappa shape index (κ2) is 10.2. The second-order valence-electron chi connectivity index (χ2n) is 9.42. The molecular formula is C26H32N2O3. The summed E-state index contributed by atoms with van der Waals surface area (Å²) in [5, 5.41) is 12.6. The SMILES string of the molecule is COc1ccc(C=C(C#N)C(=O)NC(C)(C)CC(C)(C)C)cc1COc1ccccc1. The minimum Gasteiger partial charge on any atom is -0.496 e. The molecule has 0 heterocycles. The molecule has 0 saturated heterocycles. The number of nitrogens with one attached hydrogen (secondary N) is 1. The van der Waals surface area contributed by atoms with Crippen LogP contribution < -0.4 is 14.8 Å². The van der Waals surface area contributed by atoms with Crippen molar-refractivity contribution in [2.24, 2.45) is 5.41 Å². The number of hydrogen-bond donors (Lipinski definition) is 1. The average Bonchev–Trinajstić information content (AvgIpc) is 2.69. The molecule has 5 heteroatoms. The lowest BCUT2D eigenvalue weighted by Crippen LogP contribution is -2.46. The Labute approximate surface area is 185 Å². The zero-order valence-corrected chi connectivity index (χ0v) is 19.3. The number of hydrogen-bond acceptors (Lipinski definition) is 4. The van der Waals surface area contributed by atoms with Crippen molar-refractivity contribution < 1.29 is 14.3 Å². The molecule has 0 aliphatic rings. The summed E-state index contributed by atoms with van der Waals surface area (Å²) in [5.41, 5.74) is 1.23. The number of rotatable bonds is 8. The fraction of sp³-hybridized carbons (Fsp3) is 0.385. The Balaban J connectivity index is 2.21. The van der Waals surface area contributed by atoms with E-state index in [2.05, 4.69) is 26.1 Å². The van der Waals surface area contributed by atoms with Gasteiger partial charge in [-0.1, -0.05) is 45.0 Å². The van der Waals surface area contributed by atoms with Crippen molar-refractivity contribution in [1.29, 1.82) is 5.26 Å². The maximum Gasteiger partial charge on any atom is 0.262 e. The van der Waals surface area contributed by atoms with Gasteiger partial charge < -0.3 is 14.8 Å². The van der Waals surface area contributed by atoms with E-state index in [4.69, 9.17) is 9.47 Å². The topological polar surface area (TPSA) is 71.3 Å². The lowest BCUT2D eigenvalue weighted by Gasteiger charge is -2.33. The highest BCUT2D eigenvalue weighted by molar-refractivity contribution is 6.02. The summed E-state index contributed by atoms with van der Waals surface area (Å²) in [6.07, 6.45) is 2.38. The molecule has 164 valence electrons. The Morgan fingerprint density at radius 2 is 1.77 bits per heavy atom. The summed E-state index contributed by atoms with van der Waals surface area (Å²) in [4.78, 5) is 12.7. The van der Waals surface area contributed by atoms with Gasteiger partial charge in [0.2, 0.25) is 0 Å². The predicted molar refractivity (Wildman–Crippen MR) is 124 cm³/mol. The van der Waals surface area contributed by atoms with Gasteiger partial charge >= 0.3 is 0 Å². The van der Waals surface area contributed by atoms with Crippen molar-refractivity contribution >= 4 is 12.0 Å². The molecule has 5 nitrogen and oxygen atoms in total. The normalized spacial score (nSPS) is 12.1. The van der Waals surface area contributed by atoms with E-state index in [9.17, 15) is 10.1 Å². The highest BCUT2D eigenvalue weighted by atomic mass is 16.5. The minimum absolute atomic E-state index is 0.0525. The van der Waals surface area contributed by atoms with E-state index < -0.39 is 5.54 Å². The highest BCUT2D eigenvalue weighted by Gasteiger charge is 2.28. The Morgan fingerprint density at radius 3 is 2.35 bits per heavy atom. The third-order valence-electron chi connectivity index (χ3n) is 4.54. The Hall–Kier alpha value is -3.26. The maximum absolute atomic E-state index is 12.7. The number of ether oxygens (including phenoxy) is 2. The zero-order chi connectivity index (χ0) is 23.1. The number of carbonyl (C=O) groups excluding carboxylic acids is 1. The molecule has 0 bridgehead atoms. The molecule has 1 N–H and O–H groups in total. The molecule has 2 aromatic carbocycles. The van der Waals surface area contributed by atoms with E-state index in [0.29, 0.717) is 12.4 Å². The van der Waals surface area contributed by atoms with Crippen LogP contribution in [0.4, 0.5) is 0 Å². The number of para-hydroxylation sites is 1. The van der Waals surface area contributed by atoms with E-state index in [1.165, 1.54) is 0 Å². The molecule has 0 spiro atoms. The summed E-state index contributed by atoms with van der Waals surface area (Å²) in [7, 11) is 1.60. The van der Waals surface area contributed by atoms with Crippen LogP contribution >= 0.6 is 0 Å². The lowest BCUT2D eigenvalue weighted by molar-refractivity contribution is -0.118. The monoisotopic (exact) mass is 420 g/mol. The van der Waals surface area contributed by atoms with Crippen molar-refractivity contribution in [3.63, 3.8) is 0 Å². The Morgan fingerprint density at radius 1 is 1.10 bits per heavy atom. The molecule has 0 aliphatic carbocycles. The van der Waals surface area contributed by atoms with Crippen LogP contribution in [0, 0.1) is 16.7 Å². The van der Waals surface area contributed by atoms with Crippen LogP contribution in [0.2, 0.25) is 0 Å².